The van der Waals surface area contributed by atoms with Gasteiger partial charge in [0, 0.05) is 16.5 Å². The lowest BCUT2D eigenvalue weighted by atomic mass is 9.85. The number of aromatic nitrogens is 4. The van der Waals surface area contributed by atoms with Crippen LogP contribution in [0.4, 0.5) is 5.69 Å². The number of hydrogen-bond donors (Lipinski definition) is 3. The number of aryl methyl sites for hydroxylation is 2. The number of hydrogen-bond acceptors (Lipinski definition) is 6. The van der Waals surface area contributed by atoms with Crippen LogP contribution in [0, 0.1) is 13.8 Å². The fourth-order valence-electron chi connectivity index (χ4n) is 3.87. The van der Waals surface area contributed by atoms with Gasteiger partial charge in [-0.05, 0) is 57.4 Å². The Morgan fingerprint density at radius 3 is 2.84 bits per heavy atom. The summed E-state index contributed by atoms with van der Waals surface area (Å²) in [5.74, 6) is 2.56. The zero-order valence-electron chi connectivity index (χ0n) is 18.2. The molecule has 32 heavy (non-hydrogen) atoms. The first-order valence-electron chi connectivity index (χ1n) is 10.8. The molecule has 0 unspecified atom stereocenters. The van der Waals surface area contributed by atoms with Gasteiger partial charge in [-0.2, -0.15) is 0 Å². The number of carbonyl (C=O) groups is 1. The topological polar surface area (TPSA) is 104 Å². The summed E-state index contributed by atoms with van der Waals surface area (Å²) in [6.45, 7) is 5.80. The third-order valence-electron chi connectivity index (χ3n) is 6.19. The second-order valence-corrected chi connectivity index (χ2v) is 10.9. The SMILES string of the molecule is Cc1sc2nc(CS[C@@H](C)C(=O)Nc3ccc4nc(C5CCC5)[nH]c4c3)[nH]c(=O)c2c1C. The maximum absolute atomic E-state index is 12.7. The fraction of sp³-hybridized carbons (Fsp3) is 0.391. The van der Waals surface area contributed by atoms with Gasteiger partial charge >= 0.3 is 0 Å². The van der Waals surface area contributed by atoms with Crippen LogP contribution < -0.4 is 10.9 Å². The highest BCUT2D eigenvalue weighted by molar-refractivity contribution is 7.99. The number of rotatable bonds is 6. The van der Waals surface area contributed by atoms with Crippen LogP contribution in [0.5, 0.6) is 0 Å². The second-order valence-electron chi connectivity index (χ2n) is 8.40. The maximum Gasteiger partial charge on any atom is 0.259 e. The molecule has 0 saturated heterocycles. The number of imidazole rings is 1. The normalized spacial score (nSPS) is 15.2. The van der Waals surface area contributed by atoms with E-state index in [1.165, 1.54) is 42.4 Å². The van der Waals surface area contributed by atoms with Crippen LogP contribution in [0.25, 0.3) is 21.3 Å². The van der Waals surface area contributed by atoms with Crippen molar-refractivity contribution in [2.45, 2.75) is 57.0 Å². The molecule has 1 saturated carbocycles. The van der Waals surface area contributed by atoms with E-state index >= 15 is 0 Å². The Hall–Kier alpha value is -2.65. The Labute approximate surface area is 193 Å². The van der Waals surface area contributed by atoms with E-state index in [1.807, 2.05) is 39.0 Å². The molecule has 3 aromatic heterocycles. The number of anilines is 1. The summed E-state index contributed by atoms with van der Waals surface area (Å²) < 4.78 is 0. The van der Waals surface area contributed by atoms with Crippen LogP contribution >= 0.6 is 23.1 Å². The Balaban J connectivity index is 1.24. The molecular formula is C23H25N5O2S2. The molecule has 1 aromatic carbocycles. The van der Waals surface area contributed by atoms with Crippen LogP contribution in [-0.2, 0) is 10.5 Å². The zero-order chi connectivity index (χ0) is 22.4. The zero-order valence-corrected chi connectivity index (χ0v) is 19.9. The minimum Gasteiger partial charge on any atom is -0.342 e. The molecule has 9 heteroatoms. The molecule has 1 aliphatic rings. The molecule has 0 radical (unpaired) electrons. The van der Waals surface area contributed by atoms with Crippen molar-refractivity contribution in [2.24, 2.45) is 0 Å². The quantitative estimate of drug-likeness (QED) is 0.370. The van der Waals surface area contributed by atoms with Crippen LogP contribution in [0.3, 0.4) is 0 Å². The number of H-pyrrole nitrogens is 2. The van der Waals surface area contributed by atoms with Crippen molar-refractivity contribution in [3.8, 4) is 0 Å². The molecule has 1 amide bonds. The van der Waals surface area contributed by atoms with Crippen molar-refractivity contribution in [1.82, 2.24) is 19.9 Å². The molecule has 5 rings (SSSR count). The molecule has 3 N–H and O–H groups in total. The Kier molecular flexibility index (Phi) is 5.54. The van der Waals surface area contributed by atoms with Crippen LogP contribution in [0.1, 0.15) is 54.2 Å². The van der Waals surface area contributed by atoms with E-state index in [-0.39, 0.29) is 16.7 Å². The number of benzene rings is 1. The first-order valence-corrected chi connectivity index (χ1v) is 12.7. The van der Waals surface area contributed by atoms with Crippen LogP contribution in [0.15, 0.2) is 23.0 Å². The van der Waals surface area contributed by atoms with Gasteiger partial charge in [0.05, 0.1) is 27.4 Å². The highest BCUT2D eigenvalue weighted by Gasteiger charge is 2.23. The summed E-state index contributed by atoms with van der Waals surface area (Å²) in [6.07, 6.45) is 3.65. The molecule has 166 valence electrons. The first-order chi connectivity index (χ1) is 15.4. The lowest BCUT2D eigenvalue weighted by molar-refractivity contribution is -0.115. The van der Waals surface area contributed by atoms with Crippen molar-refractivity contribution < 1.29 is 4.79 Å². The molecule has 1 atom stereocenters. The molecule has 7 nitrogen and oxygen atoms in total. The number of nitrogens with zero attached hydrogens (tertiary/aromatic N) is 2. The van der Waals surface area contributed by atoms with Gasteiger partial charge in [-0.1, -0.05) is 6.42 Å². The predicted octanol–water partition coefficient (Wildman–Crippen LogP) is 5.01. The number of carbonyl (C=O) groups excluding carboxylic acids is 1. The molecule has 1 fully saturated rings. The first kappa shape index (κ1) is 21.2. The van der Waals surface area contributed by atoms with Gasteiger partial charge < -0.3 is 15.3 Å². The Morgan fingerprint density at radius 1 is 1.28 bits per heavy atom. The third kappa shape index (κ3) is 3.95. The smallest absolute Gasteiger partial charge is 0.259 e. The summed E-state index contributed by atoms with van der Waals surface area (Å²) in [5.41, 5.74) is 3.49. The standard InChI is InChI=1S/C23H25N5O2S2/c1-11-12(2)32-23-19(11)22(30)27-18(28-23)10-31-13(3)21(29)24-15-7-8-16-17(9-15)26-20(25-16)14-5-4-6-14/h7-9,13-14H,4-6,10H2,1-3H3,(H,24,29)(H,25,26)(H,27,28,30)/t13-/m0/s1. The number of amides is 1. The van der Waals surface area contributed by atoms with E-state index in [0.29, 0.717) is 22.9 Å². The van der Waals surface area contributed by atoms with Crippen molar-refractivity contribution >= 4 is 55.9 Å². The molecular weight excluding hydrogens is 442 g/mol. The summed E-state index contributed by atoms with van der Waals surface area (Å²) in [6, 6.07) is 5.77. The summed E-state index contributed by atoms with van der Waals surface area (Å²) in [7, 11) is 0. The molecule has 1 aliphatic carbocycles. The van der Waals surface area contributed by atoms with Gasteiger partial charge in [0.1, 0.15) is 16.5 Å². The third-order valence-corrected chi connectivity index (χ3v) is 8.44. The molecule has 0 spiro atoms. The van der Waals surface area contributed by atoms with Crippen molar-refractivity contribution in [1.29, 1.82) is 0 Å². The Bertz CT molecular complexity index is 1380. The number of fused-ring (bicyclic) bond motifs is 2. The summed E-state index contributed by atoms with van der Waals surface area (Å²) >= 11 is 2.98. The lowest BCUT2D eigenvalue weighted by Gasteiger charge is -2.22. The minimum atomic E-state index is -0.300. The number of thioether (sulfide) groups is 1. The highest BCUT2D eigenvalue weighted by atomic mass is 32.2. The largest absolute Gasteiger partial charge is 0.342 e. The Morgan fingerprint density at radius 2 is 2.09 bits per heavy atom. The lowest BCUT2D eigenvalue weighted by Crippen LogP contribution is -2.23. The summed E-state index contributed by atoms with van der Waals surface area (Å²) in [4.78, 5) is 42.6. The van der Waals surface area contributed by atoms with Crippen LogP contribution in [-0.4, -0.2) is 31.1 Å². The van der Waals surface area contributed by atoms with Gasteiger partial charge in [-0.25, -0.2) is 9.97 Å². The van der Waals surface area contributed by atoms with Crippen molar-refractivity contribution in [3.05, 3.63) is 50.6 Å². The van der Waals surface area contributed by atoms with Gasteiger partial charge in [0.15, 0.2) is 0 Å². The van der Waals surface area contributed by atoms with E-state index in [1.54, 1.807) is 0 Å². The van der Waals surface area contributed by atoms with E-state index in [2.05, 4.69) is 25.3 Å². The van der Waals surface area contributed by atoms with E-state index in [4.69, 9.17) is 0 Å². The van der Waals surface area contributed by atoms with E-state index in [9.17, 15) is 9.59 Å². The highest BCUT2D eigenvalue weighted by Crippen LogP contribution is 2.35. The van der Waals surface area contributed by atoms with Crippen molar-refractivity contribution in [3.63, 3.8) is 0 Å². The number of nitrogens with one attached hydrogen (secondary N) is 3. The van der Waals surface area contributed by atoms with Gasteiger partial charge in [-0.15, -0.1) is 23.1 Å². The van der Waals surface area contributed by atoms with E-state index in [0.717, 1.165) is 37.8 Å². The second kappa shape index (κ2) is 8.37. The number of thiophene rings is 1. The minimum absolute atomic E-state index is 0.0840. The molecule has 4 aromatic rings. The van der Waals surface area contributed by atoms with Gasteiger partial charge in [-0.3, -0.25) is 9.59 Å². The van der Waals surface area contributed by atoms with Crippen LogP contribution in [0.2, 0.25) is 0 Å². The van der Waals surface area contributed by atoms with Crippen molar-refractivity contribution in [2.75, 3.05) is 5.32 Å². The molecule has 0 bridgehead atoms. The van der Waals surface area contributed by atoms with E-state index < -0.39 is 0 Å². The monoisotopic (exact) mass is 467 g/mol. The fourth-order valence-corrected chi connectivity index (χ4v) is 5.68. The maximum atomic E-state index is 12.7. The average Bonchev–Trinajstić information content (AvgIpc) is 3.24. The van der Waals surface area contributed by atoms with Gasteiger partial charge in [0.25, 0.3) is 5.56 Å². The molecule has 3 heterocycles. The predicted molar refractivity (Wildman–Crippen MR) is 132 cm³/mol. The number of aromatic amines is 2. The summed E-state index contributed by atoms with van der Waals surface area (Å²) in [5, 5.41) is 3.36. The van der Waals surface area contributed by atoms with Gasteiger partial charge in [0.2, 0.25) is 5.91 Å². The average molecular weight is 468 g/mol. The molecule has 0 aliphatic heterocycles.